The third-order valence-electron chi connectivity index (χ3n) is 2.96. The normalized spacial score (nSPS) is 11.8. The van der Waals surface area contributed by atoms with E-state index >= 15 is 0 Å². The molecule has 0 aliphatic heterocycles. The molecule has 0 saturated carbocycles. The van der Waals surface area contributed by atoms with Crippen molar-refractivity contribution < 1.29 is 22.4 Å². The van der Waals surface area contributed by atoms with Crippen LogP contribution in [0.1, 0.15) is 28.6 Å². The highest BCUT2D eigenvalue weighted by atomic mass is 32.2. The summed E-state index contributed by atoms with van der Waals surface area (Å²) in [7, 11) is -1.82. The number of sulfone groups is 1. The molecule has 2 rings (SSSR count). The highest BCUT2D eigenvalue weighted by Gasteiger charge is 2.21. The third-order valence-corrected chi connectivity index (χ3v) is 3.82. The van der Waals surface area contributed by atoms with E-state index < -0.39 is 15.8 Å². The van der Waals surface area contributed by atoms with Gasteiger partial charge in [-0.25, -0.2) is 13.2 Å². The Bertz CT molecular complexity index is 755. The molecule has 1 aromatic carbocycles. The van der Waals surface area contributed by atoms with Crippen LogP contribution in [0, 0.1) is 0 Å². The fourth-order valence-corrected chi connectivity index (χ4v) is 2.95. The fraction of sp³-hybridized carbons (Fsp3) is 0.357. The number of benzene rings is 1. The molecule has 1 heterocycles. The Hall–Kier alpha value is -1.82. The molecule has 0 amide bonds. The maximum Gasteiger partial charge on any atom is 0.342 e. The topological polar surface area (TPSA) is 73.6 Å². The molecule has 0 N–H and O–H groups in total. The van der Waals surface area contributed by atoms with Crippen LogP contribution in [0.5, 0.6) is 0 Å². The first-order valence-corrected chi connectivity index (χ1v) is 8.22. The second-order valence-corrected chi connectivity index (χ2v) is 6.79. The van der Waals surface area contributed by atoms with Gasteiger partial charge >= 0.3 is 5.97 Å². The van der Waals surface area contributed by atoms with Crippen LogP contribution in [0.4, 0.5) is 0 Å². The first kappa shape index (κ1) is 14.6. The predicted octanol–water partition coefficient (Wildman–Crippen LogP) is 2.33. The van der Waals surface area contributed by atoms with Crippen LogP contribution in [0.3, 0.4) is 0 Å². The molecule has 0 saturated heterocycles. The number of carbonyl (C=O) groups excluding carboxylic acids is 1. The number of ether oxygens (including phenoxy) is 1. The average Bonchev–Trinajstić information content (AvgIpc) is 2.73. The zero-order valence-corrected chi connectivity index (χ0v) is 12.4. The molecule has 0 bridgehead atoms. The lowest BCUT2D eigenvalue weighted by molar-refractivity contribution is 0.0600. The molecule has 20 heavy (non-hydrogen) atoms. The van der Waals surface area contributed by atoms with Crippen molar-refractivity contribution >= 4 is 26.8 Å². The minimum atomic E-state index is -3.13. The maximum atomic E-state index is 11.9. The molecule has 0 spiro atoms. The summed E-state index contributed by atoms with van der Waals surface area (Å²) in [5, 5.41) is 0.592. The summed E-state index contributed by atoms with van der Waals surface area (Å²) < 4.78 is 33.1. The number of furan rings is 1. The van der Waals surface area contributed by atoms with Gasteiger partial charge in [-0.1, -0.05) is 13.0 Å². The summed E-state index contributed by atoms with van der Waals surface area (Å²) in [6.07, 6.45) is 1.73. The van der Waals surface area contributed by atoms with Crippen molar-refractivity contribution in [3.63, 3.8) is 0 Å². The second kappa shape index (κ2) is 5.28. The van der Waals surface area contributed by atoms with Crippen molar-refractivity contribution in [1.82, 2.24) is 0 Å². The fourth-order valence-electron chi connectivity index (χ4n) is 2.16. The van der Waals surface area contributed by atoms with Crippen molar-refractivity contribution in [2.24, 2.45) is 0 Å². The molecule has 2 aromatic rings. The van der Waals surface area contributed by atoms with E-state index in [1.54, 1.807) is 18.2 Å². The maximum absolute atomic E-state index is 11.9. The number of aryl methyl sites for hydroxylation is 1. The Morgan fingerprint density at radius 3 is 2.60 bits per heavy atom. The Morgan fingerprint density at radius 2 is 2.05 bits per heavy atom. The van der Waals surface area contributed by atoms with E-state index in [1.807, 2.05) is 6.92 Å². The standard InChI is InChI=1S/C14H16O5S/c1-4-11-13(14(15)18-2)10-7-9(8-20(3,16)17)5-6-12(10)19-11/h5-7H,4,8H2,1-3H3. The van der Waals surface area contributed by atoms with Gasteiger partial charge in [0.15, 0.2) is 9.84 Å². The molecule has 0 unspecified atom stereocenters. The number of fused-ring (bicyclic) bond motifs is 1. The van der Waals surface area contributed by atoms with Crippen LogP contribution in [-0.4, -0.2) is 27.8 Å². The minimum Gasteiger partial charge on any atom is -0.465 e. The summed E-state index contributed by atoms with van der Waals surface area (Å²) in [5.74, 6) is -0.00335. The molecule has 0 fully saturated rings. The summed E-state index contributed by atoms with van der Waals surface area (Å²) in [5.41, 5.74) is 1.55. The van der Waals surface area contributed by atoms with E-state index in [9.17, 15) is 13.2 Å². The second-order valence-electron chi connectivity index (χ2n) is 4.65. The highest BCUT2D eigenvalue weighted by Crippen LogP contribution is 2.28. The number of hydrogen-bond donors (Lipinski definition) is 0. The van der Waals surface area contributed by atoms with E-state index in [-0.39, 0.29) is 5.75 Å². The quantitative estimate of drug-likeness (QED) is 0.810. The number of rotatable bonds is 4. The van der Waals surface area contributed by atoms with Crippen LogP contribution >= 0.6 is 0 Å². The van der Waals surface area contributed by atoms with E-state index in [0.29, 0.717) is 34.3 Å². The zero-order valence-electron chi connectivity index (χ0n) is 11.6. The summed E-state index contributed by atoms with van der Waals surface area (Å²) in [6, 6.07) is 5.04. The van der Waals surface area contributed by atoms with Gasteiger partial charge in [-0.3, -0.25) is 0 Å². The van der Waals surface area contributed by atoms with Crippen LogP contribution in [-0.2, 0) is 26.7 Å². The molecule has 1 aromatic heterocycles. The Kier molecular flexibility index (Phi) is 3.85. The van der Waals surface area contributed by atoms with Gasteiger partial charge in [-0.15, -0.1) is 0 Å². The smallest absolute Gasteiger partial charge is 0.342 e. The predicted molar refractivity (Wildman–Crippen MR) is 75.5 cm³/mol. The monoisotopic (exact) mass is 296 g/mol. The molecular formula is C14H16O5S. The minimum absolute atomic E-state index is 0.0732. The van der Waals surface area contributed by atoms with Crippen molar-refractivity contribution in [1.29, 1.82) is 0 Å². The van der Waals surface area contributed by atoms with Gasteiger partial charge < -0.3 is 9.15 Å². The van der Waals surface area contributed by atoms with Gasteiger partial charge in [0.05, 0.1) is 12.9 Å². The summed E-state index contributed by atoms with van der Waals surface area (Å²) in [4.78, 5) is 11.9. The van der Waals surface area contributed by atoms with Crippen LogP contribution in [0.25, 0.3) is 11.0 Å². The SMILES string of the molecule is CCc1oc2ccc(CS(C)(=O)=O)cc2c1C(=O)OC. The lowest BCUT2D eigenvalue weighted by Crippen LogP contribution is -2.04. The van der Waals surface area contributed by atoms with Crippen molar-refractivity contribution in [3.05, 3.63) is 35.1 Å². The van der Waals surface area contributed by atoms with E-state index in [0.717, 1.165) is 0 Å². The van der Waals surface area contributed by atoms with E-state index in [4.69, 9.17) is 9.15 Å². The third kappa shape index (κ3) is 2.85. The molecule has 108 valence electrons. The van der Waals surface area contributed by atoms with Gasteiger partial charge in [0, 0.05) is 18.1 Å². The van der Waals surface area contributed by atoms with E-state index in [1.165, 1.54) is 13.4 Å². The molecule has 0 aliphatic carbocycles. The molecule has 0 atom stereocenters. The first-order valence-electron chi connectivity index (χ1n) is 6.16. The Labute approximate surface area is 117 Å². The molecular weight excluding hydrogens is 280 g/mol. The zero-order chi connectivity index (χ0) is 14.9. The summed E-state index contributed by atoms with van der Waals surface area (Å²) >= 11 is 0. The number of esters is 1. The lowest BCUT2D eigenvalue weighted by atomic mass is 10.1. The van der Waals surface area contributed by atoms with Crippen molar-refractivity contribution in [2.75, 3.05) is 13.4 Å². The molecule has 0 aliphatic rings. The average molecular weight is 296 g/mol. The van der Waals surface area contributed by atoms with Crippen molar-refractivity contribution in [2.45, 2.75) is 19.1 Å². The van der Waals surface area contributed by atoms with Gasteiger partial charge in [0.25, 0.3) is 0 Å². The molecule has 0 radical (unpaired) electrons. The summed E-state index contributed by atoms with van der Waals surface area (Å²) in [6.45, 7) is 1.88. The van der Waals surface area contributed by atoms with Crippen molar-refractivity contribution in [3.8, 4) is 0 Å². The molecule has 6 heteroatoms. The van der Waals surface area contributed by atoms with Crippen LogP contribution in [0.15, 0.2) is 22.6 Å². The van der Waals surface area contributed by atoms with Gasteiger partial charge in [0.2, 0.25) is 0 Å². The van der Waals surface area contributed by atoms with Gasteiger partial charge in [-0.2, -0.15) is 0 Å². The lowest BCUT2D eigenvalue weighted by Gasteiger charge is -2.01. The Morgan fingerprint density at radius 1 is 1.35 bits per heavy atom. The Balaban J connectivity index is 2.63. The van der Waals surface area contributed by atoms with Crippen LogP contribution < -0.4 is 0 Å². The number of hydrogen-bond acceptors (Lipinski definition) is 5. The number of methoxy groups -OCH3 is 1. The first-order chi connectivity index (χ1) is 9.35. The van der Waals surface area contributed by atoms with Gasteiger partial charge in [0.1, 0.15) is 16.9 Å². The van der Waals surface area contributed by atoms with E-state index in [2.05, 4.69) is 0 Å². The largest absolute Gasteiger partial charge is 0.465 e. The molecule has 5 nitrogen and oxygen atoms in total. The number of carbonyl (C=O) groups is 1. The van der Waals surface area contributed by atoms with Gasteiger partial charge in [-0.05, 0) is 17.7 Å². The van der Waals surface area contributed by atoms with Crippen LogP contribution in [0.2, 0.25) is 0 Å². The highest BCUT2D eigenvalue weighted by molar-refractivity contribution is 7.89.